The van der Waals surface area contributed by atoms with E-state index >= 15 is 0 Å². The van der Waals surface area contributed by atoms with Crippen LogP contribution in [0.5, 0.6) is 11.5 Å². The molecule has 0 saturated carbocycles. The van der Waals surface area contributed by atoms with Gasteiger partial charge in [-0.05, 0) is 48.6 Å². The topological polar surface area (TPSA) is 50.8 Å². The lowest BCUT2D eigenvalue weighted by molar-refractivity contribution is -0.123. The second-order valence-electron chi connectivity index (χ2n) is 6.23. The van der Waals surface area contributed by atoms with Crippen molar-refractivity contribution in [3.63, 3.8) is 0 Å². The molecule has 0 saturated heterocycles. The van der Waals surface area contributed by atoms with E-state index in [1.54, 1.807) is 14.2 Å². The SMILES string of the molecule is COc1ccc(OC)c([C@@H](C)NC(=O)CN2CCc3sccc3C2)c1. The number of hydrogen-bond acceptors (Lipinski definition) is 5. The molecule has 0 bridgehead atoms. The Labute approximate surface area is 152 Å². The summed E-state index contributed by atoms with van der Waals surface area (Å²) in [6, 6.07) is 7.62. The number of carbonyl (C=O) groups is 1. The molecule has 2 heterocycles. The standard InChI is InChI=1S/C19H24N2O3S/c1-13(16-10-15(23-2)4-5-17(16)24-3)20-19(22)12-21-8-6-18-14(11-21)7-9-25-18/h4-5,7,9-10,13H,6,8,11-12H2,1-3H3,(H,20,22)/t13-/m1/s1. The van der Waals surface area contributed by atoms with E-state index in [-0.39, 0.29) is 11.9 Å². The lowest BCUT2D eigenvalue weighted by Gasteiger charge is -2.27. The van der Waals surface area contributed by atoms with Crippen LogP contribution in [0.15, 0.2) is 29.6 Å². The number of ether oxygens (including phenoxy) is 2. The Morgan fingerprint density at radius 1 is 1.32 bits per heavy atom. The summed E-state index contributed by atoms with van der Waals surface area (Å²) in [4.78, 5) is 16.1. The van der Waals surface area contributed by atoms with Crippen molar-refractivity contribution in [1.29, 1.82) is 0 Å². The van der Waals surface area contributed by atoms with Crippen LogP contribution < -0.4 is 14.8 Å². The Bertz CT molecular complexity index is 744. The molecule has 1 N–H and O–H groups in total. The Hall–Kier alpha value is -2.05. The van der Waals surface area contributed by atoms with E-state index in [2.05, 4.69) is 21.7 Å². The highest BCUT2D eigenvalue weighted by Gasteiger charge is 2.21. The van der Waals surface area contributed by atoms with Crippen LogP contribution in [-0.2, 0) is 17.8 Å². The van der Waals surface area contributed by atoms with E-state index in [4.69, 9.17) is 9.47 Å². The van der Waals surface area contributed by atoms with Gasteiger partial charge in [-0.2, -0.15) is 0 Å². The Morgan fingerprint density at radius 3 is 2.92 bits per heavy atom. The number of nitrogens with zero attached hydrogens (tertiary/aromatic N) is 1. The van der Waals surface area contributed by atoms with Crippen LogP contribution in [0.3, 0.4) is 0 Å². The quantitative estimate of drug-likeness (QED) is 0.860. The second-order valence-corrected chi connectivity index (χ2v) is 7.23. The summed E-state index contributed by atoms with van der Waals surface area (Å²) in [6.07, 6.45) is 1.03. The molecule has 1 amide bonds. The maximum Gasteiger partial charge on any atom is 0.234 e. The van der Waals surface area contributed by atoms with Gasteiger partial charge in [0.25, 0.3) is 0 Å². The van der Waals surface area contributed by atoms with Crippen molar-refractivity contribution < 1.29 is 14.3 Å². The summed E-state index contributed by atoms with van der Waals surface area (Å²) in [5.74, 6) is 1.52. The van der Waals surface area contributed by atoms with Crippen LogP contribution >= 0.6 is 11.3 Å². The van der Waals surface area contributed by atoms with Crippen molar-refractivity contribution >= 4 is 17.2 Å². The molecule has 2 aromatic rings. The van der Waals surface area contributed by atoms with Crippen LogP contribution in [0.1, 0.15) is 29.0 Å². The van der Waals surface area contributed by atoms with E-state index in [9.17, 15) is 4.79 Å². The average molecular weight is 360 g/mol. The maximum atomic E-state index is 12.5. The van der Waals surface area contributed by atoms with E-state index in [1.807, 2.05) is 36.5 Å². The normalized spacial score (nSPS) is 15.3. The lowest BCUT2D eigenvalue weighted by atomic mass is 10.1. The molecule has 0 radical (unpaired) electrons. The van der Waals surface area contributed by atoms with Crippen LogP contribution in [-0.4, -0.2) is 38.1 Å². The fraction of sp³-hybridized carbons (Fsp3) is 0.421. The number of benzene rings is 1. The smallest absolute Gasteiger partial charge is 0.234 e. The molecule has 0 spiro atoms. The van der Waals surface area contributed by atoms with Crippen LogP contribution in [0.2, 0.25) is 0 Å². The van der Waals surface area contributed by atoms with Crippen molar-refractivity contribution in [3.05, 3.63) is 45.6 Å². The number of rotatable bonds is 6. The molecule has 5 nitrogen and oxygen atoms in total. The van der Waals surface area contributed by atoms with Crippen molar-refractivity contribution in [2.75, 3.05) is 27.3 Å². The molecule has 134 valence electrons. The molecule has 1 aromatic heterocycles. The number of nitrogens with one attached hydrogen (secondary N) is 1. The van der Waals surface area contributed by atoms with Crippen molar-refractivity contribution in [3.8, 4) is 11.5 Å². The summed E-state index contributed by atoms with van der Waals surface area (Å²) in [5.41, 5.74) is 2.26. The fourth-order valence-corrected chi connectivity index (χ4v) is 4.08. The molecule has 0 fully saturated rings. The zero-order valence-electron chi connectivity index (χ0n) is 14.9. The molecule has 1 aliphatic rings. The largest absolute Gasteiger partial charge is 0.497 e. The summed E-state index contributed by atoms with van der Waals surface area (Å²) >= 11 is 1.81. The molecule has 1 atom stereocenters. The third-order valence-electron chi connectivity index (χ3n) is 4.53. The zero-order valence-corrected chi connectivity index (χ0v) is 15.7. The minimum atomic E-state index is -0.154. The first-order valence-electron chi connectivity index (χ1n) is 8.39. The average Bonchev–Trinajstić information content (AvgIpc) is 3.08. The van der Waals surface area contributed by atoms with E-state index in [0.29, 0.717) is 6.54 Å². The van der Waals surface area contributed by atoms with Gasteiger partial charge in [0, 0.05) is 23.5 Å². The Balaban J connectivity index is 1.61. The Kier molecular flexibility index (Phi) is 5.60. The van der Waals surface area contributed by atoms with Gasteiger partial charge in [-0.15, -0.1) is 11.3 Å². The van der Waals surface area contributed by atoms with Gasteiger partial charge in [0.05, 0.1) is 26.8 Å². The summed E-state index contributed by atoms with van der Waals surface area (Å²) in [5, 5.41) is 5.20. The third kappa shape index (κ3) is 4.14. The summed E-state index contributed by atoms with van der Waals surface area (Å²) in [6.45, 7) is 4.15. The first-order valence-corrected chi connectivity index (χ1v) is 9.27. The number of amides is 1. The first-order chi connectivity index (χ1) is 12.1. The predicted molar refractivity (Wildman–Crippen MR) is 99.4 cm³/mol. The second kappa shape index (κ2) is 7.89. The molecular weight excluding hydrogens is 336 g/mol. The minimum absolute atomic E-state index is 0.0241. The van der Waals surface area contributed by atoms with Gasteiger partial charge in [0.15, 0.2) is 0 Å². The molecule has 0 unspecified atom stereocenters. The molecule has 3 rings (SSSR count). The third-order valence-corrected chi connectivity index (χ3v) is 5.56. The van der Waals surface area contributed by atoms with E-state index < -0.39 is 0 Å². The molecule has 25 heavy (non-hydrogen) atoms. The van der Waals surface area contributed by atoms with Crippen LogP contribution in [0.4, 0.5) is 0 Å². The monoisotopic (exact) mass is 360 g/mol. The fourth-order valence-electron chi connectivity index (χ4n) is 3.19. The number of hydrogen-bond donors (Lipinski definition) is 1. The zero-order chi connectivity index (χ0) is 17.8. The molecule has 0 aliphatic carbocycles. The van der Waals surface area contributed by atoms with E-state index in [1.165, 1.54) is 10.4 Å². The summed E-state index contributed by atoms with van der Waals surface area (Å²) in [7, 11) is 3.26. The van der Waals surface area contributed by atoms with Gasteiger partial charge in [0.1, 0.15) is 11.5 Å². The number of methoxy groups -OCH3 is 2. The highest BCUT2D eigenvalue weighted by atomic mass is 32.1. The highest BCUT2D eigenvalue weighted by Crippen LogP contribution is 2.29. The molecular formula is C19H24N2O3S. The Morgan fingerprint density at radius 2 is 2.16 bits per heavy atom. The summed E-state index contributed by atoms with van der Waals surface area (Å²) < 4.78 is 10.7. The van der Waals surface area contributed by atoms with E-state index in [0.717, 1.165) is 36.6 Å². The highest BCUT2D eigenvalue weighted by molar-refractivity contribution is 7.10. The van der Waals surface area contributed by atoms with Gasteiger partial charge in [-0.3, -0.25) is 9.69 Å². The van der Waals surface area contributed by atoms with Gasteiger partial charge in [-0.25, -0.2) is 0 Å². The van der Waals surface area contributed by atoms with Crippen molar-refractivity contribution in [1.82, 2.24) is 10.2 Å². The molecule has 1 aromatic carbocycles. The molecule has 1 aliphatic heterocycles. The number of thiophene rings is 1. The lowest BCUT2D eigenvalue weighted by Crippen LogP contribution is -2.40. The number of fused-ring (bicyclic) bond motifs is 1. The van der Waals surface area contributed by atoms with Gasteiger partial charge < -0.3 is 14.8 Å². The van der Waals surface area contributed by atoms with Gasteiger partial charge in [-0.1, -0.05) is 0 Å². The first kappa shape index (κ1) is 17.8. The predicted octanol–water partition coefficient (Wildman–Crippen LogP) is 3.00. The van der Waals surface area contributed by atoms with Gasteiger partial charge >= 0.3 is 0 Å². The van der Waals surface area contributed by atoms with Crippen molar-refractivity contribution in [2.24, 2.45) is 0 Å². The number of carbonyl (C=O) groups excluding carboxylic acids is 1. The van der Waals surface area contributed by atoms with Crippen molar-refractivity contribution in [2.45, 2.75) is 25.9 Å². The molecule has 6 heteroatoms. The van der Waals surface area contributed by atoms with Gasteiger partial charge in [0.2, 0.25) is 5.91 Å². The maximum absolute atomic E-state index is 12.5. The van der Waals surface area contributed by atoms with Crippen LogP contribution in [0.25, 0.3) is 0 Å². The van der Waals surface area contributed by atoms with Crippen LogP contribution in [0, 0.1) is 0 Å². The minimum Gasteiger partial charge on any atom is -0.497 e.